The van der Waals surface area contributed by atoms with E-state index in [2.05, 4.69) is 36.1 Å². The molecule has 0 aliphatic carbocycles. The lowest BCUT2D eigenvalue weighted by Crippen LogP contribution is -2.37. The number of likely N-dealkylation sites (tertiary alicyclic amines) is 1. The molecule has 1 fully saturated rings. The summed E-state index contributed by atoms with van der Waals surface area (Å²) in [7, 11) is 0. The Kier molecular flexibility index (Phi) is 5.21. The number of piperidine rings is 1. The molecule has 1 amide bonds. The van der Waals surface area contributed by atoms with E-state index in [4.69, 9.17) is 0 Å². The van der Waals surface area contributed by atoms with Crippen molar-refractivity contribution in [2.75, 3.05) is 18.4 Å². The van der Waals surface area contributed by atoms with Crippen LogP contribution in [0.3, 0.4) is 0 Å². The molecule has 9 heteroatoms. The van der Waals surface area contributed by atoms with Crippen molar-refractivity contribution in [3.05, 3.63) is 46.7 Å². The Bertz CT molecular complexity index is 883. The SMILES string of the molecule is Cc1nc(CN2CCC(C(=O)Nc3ccc(-n4cnnn4)cc3)CC2)cs1. The fraction of sp³-hybridized carbons (Fsp3) is 0.389. The maximum absolute atomic E-state index is 12.6. The standard InChI is InChI=1S/C18H21N7OS/c1-13-20-16(11-27-13)10-24-8-6-14(7-9-24)18(26)21-15-2-4-17(5-3-15)25-12-19-22-23-25/h2-5,11-12,14H,6-10H2,1H3,(H,21,26). The van der Waals surface area contributed by atoms with Crippen molar-refractivity contribution in [3.8, 4) is 5.69 Å². The van der Waals surface area contributed by atoms with E-state index >= 15 is 0 Å². The van der Waals surface area contributed by atoms with Crippen LogP contribution in [0.2, 0.25) is 0 Å². The number of rotatable bonds is 5. The summed E-state index contributed by atoms with van der Waals surface area (Å²) in [5, 5.41) is 17.3. The lowest BCUT2D eigenvalue weighted by molar-refractivity contribution is -0.121. The Morgan fingerprint density at radius 3 is 2.67 bits per heavy atom. The molecule has 0 unspecified atom stereocenters. The number of carbonyl (C=O) groups is 1. The van der Waals surface area contributed by atoms with Crippen LogP contribution in [0.1, 0.15) is 23.5 Å². The summed E-state index contributed by atoms with van der Waals surface area (Å²) in [5.41, 5.74) is 2.77. The Hall–Kier alpha value is -2.65. The minimum absolute atomic E-state index is 0.0533. The highest BCUT2D eigenvalue weighted by molar-refractivity contribution is 7.09. The predicted molar refractivity (Wildman–Crippen MR) is 103 cm³/mol. The van der Waals surface area contributed by atoms with Gasteiger partial charge in [-0.05, 0) is 67.5 Å². The van der Waals surface area contributed by atoms with Crippen molar-refractivity contribution in [2.45, 2.75) is 26.3 Å². The summed E-state index contributed by atoms with van der Waals surface area (Å²) in [6.07, 6.45) is 3.28. The van der Waals surface area contributed by atoms with Crippen LogP contribution >= 0.6 is 11.3 Å². The fourth-order valence-corrected chi connectivity index (χ4v) is 3.89. The number of aryl methyl sites for hydroxylation is 1. The number of hydrogen-bond donors (Lipinski definition) is 1. The van der Waals surface area contributed by atoms with Crippen molar-refractivity contribution < 1.29 is 4.79 Å². The van der Waals surface area contributed by atoms with Crippen molar-refractivity contribution in [1.29, 1.82) is 0 Å². The van der Waals surface area contributed by atoms with Crippen molar-refractivity contribution in [3.63, 3.8) is 0 Å². The van der Waals surface area contributed by atoms with Gasteiger partial charge < -0.3 is 5.32 Å². The second kappa shape index (κ2) is 7.93. The zero-order chi connectivity index (χ0) is 18.6. The van der Waals surface area contributed by atoms with Gasteiger partial charge in [-0.15, -0.1) is 16.4 Å². The summed E-state index contributed by atoms with van der Waals surface area (Å²) in [6, 6.07) is 7.50. The second-order valence-corrected chi connectivity index (χ2v) is 7.76. The molecule has 0 bridgehead atoms. The van der Waals surface area contributed by atoms with Gasteiger partial charge >= 0.3 is 0 Å². The first-order valence-electron chi connectivity index (χ1n) is 8.95. The van der Waals surface area contributed by atoms with E-state index in [-0.39, 0.29) is 11.8 Å². The van der Waals surface area contributed by atoms with Gasteiger partial charge in [-0.2, -0.15) is 0 Å². The van der Waals surface area contributed by atoms with Gasteiger partial charge in [0.15, 0.2) is 0 Å². The molecule has 1 N–H and O–H groups in total. The number of benzene rings is 1. The molecule has 1 saturated heterocycles. The quantitative estimate of drug-likeness (QED) is 0.727. The van der Waals surface area contributed by atoms with Crippen LogP contribution < -0.4 is 5.32 Å². The molecule has 3 heterocycles. The third kappa shape index (κ3) is 4.37. The lowest BCUT2D eigenvalue weighted by atomic mass is 9.95. The van der Waals surface area contributed by atoms with Gasteiger partial charge in [0.1, 0.15) is 6.33 Å². The lowest BCUT2D eigenvalue weighted by Gasteiger charge is -2.30. The topological polar surface area (TPSA) is 88.8 Å². The van der Waals surface area contributed by atoms with Crippen LogP contribution in [0.4, 0.5) is 5.69 Å². The summed E-state index contributed by atoms with van der Waals surface area (Å²) in [6.45, 7) is 4.75. The van der Waals surface area contributed by atoms with Crippen molar-refractivity contribution >= 4 is 22.9 Å². The molecule has 0 atom stereocenters. The van der Waals surface area contributed by atoms with E-state index in [1.165, 1.54) is 6.33 Å². The number of tetrazole rings is 1. The minimum Gasteiger partial charge on any atom is -0.326 e. The molecule has 1 aliphatic heterocycles. The van der Waals surface area contributed by atoms with E-state index in [0.717, 1.165) is 54.6 Å². The number of hydrogen-bond acceptors (Lipinski definition) is 7. The molecule has 140 valence electrons. The summed E-state index contributed by atoms with van der Waals surface area (Å²) in [4.78, 5) is 19.5. The van der Waals surface area contributed by atoms with Crippen LogP contribution in [-0.4, -0.2) is 49.1 Å². The van der Waals surface area contributed by atoms with E-state index in [1.807, 2.05) is 31.2 Å². The Balaban J connectivity index is 1.28. The van der Waals surface area contributed by atoms with E-state index in [1.54, 1.807) is 16.0 Å². The number of carbonyl (C=O) groups excluding carboxylic acids is 1. The zero-order valence-corrected chi connectivity index (χ0v) is 15.9. The smallest absolute Gasteiger partial charge is 0.227 e. The Morgan fingerprint density at radius 2 is 2.04 bits per heavy atom. The average Bonchev–Trinajstić information content (AvgIpc) is 3.35. The largest absolute Gasteiger partial charge is 0.326 e. The van der Waals surface area contributed by atoms with E-state index < -0.39 is 0 Å². The molecule has 3 aromatic rings. The molecular weight excluding hydrogens is 362 g/mol. The van der Waals surface area contributed by atoms with Crippen LogP contribution in [0.15, 0.2) is 36.0 Å². The van der Waals surface area contributed by atoms with E-state index in [9.17, 15) is 4.79 Å². The number of aromatic nitrogens is 5. The van der Waals surface area contributed by atoms with Gasteiger partial charge in [-0.3, -0.25) is 9.69 Å². The molecular formula is C18H21N7OS. The van der Waals surface area contributed by atoms with Crippen LogP contribution in [0, 0.1) is 12.8 Å². The third-order valence-electron chi connectivity index (χ3n) is 4.76. The van der Waals surface area contributed by atoms with Crippen molar-refractivity contribution in [2.24, 2.45) is 5.92 Å². The summed E-state index contributed by atoms with van der Waals surface area (Å²) >= 11 is 1.69. The maximum Gasteiger partial charge on any atom is 0.227 e. The van der Waals surface area contributed by atoms with Gasteiger partial charge in [-0.25, -0.2) is 9.67 Å². The molecule has 4 rings (SSSR count). The first-order valence-corrected chi connectivity index (χ1v) is 9.83. The average molecular weight is 383 g/mol. The highest BCUT2D eigenvalue weighted by atomic mass is 32.1. The summed E-state index contributed by atoms with van der Waals surface area (Å²) in [5.74, 6) is 0.145. The van der Waals surface area contributed by atoms with Gasteiger partial charge in [0.25, 0.3) is 0 Å². The number of nitrogens with one attached hydrogen (secondary N) is 1. The number of thiazole rings is 1. The molecule has 0 saturated carbocycles. The van der Waals surface area contributed by atoms with Crippen LogP contribution in [0.25, 0.3) is 5.69 Å². The number of anilines is 1. The van der Waals surface area contributed by atoms with Gasteiger partial charge in [-0.1, -0.05) is 0 Å². The molecule has 8 nitrogen and oxygen atoms in total. The minimum atomic E-state index is 0.0533. The highest BCUT2D eigenvalue weighted by Gasteiger charge is 2.25. The molecule has 0 radical (unpaired) electrons. The molecule has 1 aliphatic rings. The highest BCUT2D eigenvalue weighted by Crippen LogP contribution is 2.22. The third-order valence-corrected chi connectivity index (χ3v) is 5.58. The molecule has 0 spiro atoms. The number of nitrogens with zero attached hydrogens (tertiary/aromatic N) is 6. The number of amides is 1. The fourth-order valence-electron chi connectivity index (χ4n) is 3.28. The van der Waals surface area contributed by atoms with Gasteiger partial charge in [0.05, 0.1) is 16.4 Å². The second-order valence-electron chi connectivity index (χ2n) is 6.70. The molecule has 2 aromatic heterocycles. The summed E-state index contributed by atoms with van der Waals surface area (Å²) < 4.78 is 1.57. The zero-order valence-electron chi connectivity index (χ0n) is 15.1. The Labute approximate surface area is 161 Å². The first-order chi connectivity index (χ1) is 13.2. The predicted octanol–water partition coefficient (Wildman–Crippen LogP) is 2.28. The molecule has 1 aromatic carbocycles. The maximum atomic E-state index is 12.6. The Morgan fingerprint density at radius 1 is 1.26 bits per heavy atom. The van der Waals surface area contributed by atoms with Crippen LogP contribution in [-0.2, 0) is 11.3 Å². The monoisotopic (exact) mass is 383 g/mol. The van der Waals surface area contributed by atoms with Gasteiger partial charge in [0, 0.05) is 23.5 Å². The normalized spacial score (nSPS) is 15.7. The molecule has 27 heavy (non-hydrogen) atoms. The van der Waals surface area contributed by atoms with Gasteiger partial charge in [0.2, 0.25) is 5.91 Å². The van der Waals surface area contributed by atoms with Crippen molar-refractivity contribution in [1.82, 2.24) is 30.1 Å². The van der Waals surface area contributed by atoms with Crippen LogP contribution in [0.5, 0.6) is 0 Å². The first kappa shape index (κ1) is 17.7. The van der Waals surface area contributed by atoms with E-state index in [0.29, 0.717) is 0 Å².